The van der Waals surface area contributed by atoms with E-state index in [-0.39, 0.29) is 29.9 Å². The topological polar surface area (TPSA) is 77.8 Å². The summed E-state index contributed by atoms with van der Waals surface area (Å²) in [5, 5.41) is 13.2. The Morgan fingerprint density at radius 1 is 1.44 bits per heavy atom. The minimum Gasteiger partial charge on any atom is -0.395 e. The molecule has 0 bridgehead atoms. The Hall–Kier alpha value is -2.47. The molecule has 34 heavy (non-hydrogen) atoms. The Morgan fingerprint density at radius 3 is 2.94 bits per heavy atom. The molecule has 2 aliphatic rings. The molecule has 2 aliphatic heterocycles. The number of aromatic nitrogens is 1. The second-order valence-electron chi connectivity index (χ2n) is 8.10. The Bertz CT molecular complexity index is 1170. The number of thioether (sulfide) groups is 1. The van der Waals surface area contributed by atoms with Gasteiger partial charge in [0.1, 0.15) is 0 Å². The lowest BCUT2D eigenvalue weighted by molar-refractivity contribution is -0.138. The second-order valence-corrected chi connectivity index (χ2v) is 10.9. The van der Waals surface area contributed by atoms with Crippen molar-refractivity contribution in [1.29, 1.82) is 0 Å². The van der Waals surface area contributed by atoms with Gasteiger partial charge in [0.2, 0.25) is 5.51 Å². The van der Waals surface area contributed by atoms with Gasteiger partial charge < -0.3 is 15.3 Å². The molecular weight excluding hydrogens is 485 g/mol. The highest BCUT2D eigenvalue weighted by Crippen LogP contribution is 2.39. The predicted molar refractivity (Wildman–Crippen MR) is 130 cm³/mol. The van der Waals surface area contributed by atoms with Gasteiger partial charge in [-0.15, -0.1) is 0 Å². The third-order valence-electron chi connectivity index (χ3n) is 5.54. The number of carbonyl (C=O) groups excluding carboxylic acids is 1. The number of amidine groups is 1. The Labute approximate surface area is 202 Å². The number of rotatable bonds is 5. The molecule has 1 unspecified atom stereocenters. The Balaban J connectivity index is 1.55. The molecule has 0 saturated carbocycles. The third-order valence-corrected chi connectivity index (χ3v) is 8.41. The minimum atomic E-state index is -4.49. The van der Waals surface area contributed by atoms with Crippen molar-refractivity contribution in [3.05, 3.63) is 63.0 Å². The van der Waals surface area contributed by atoms with Crippen LogP contribution in [0.1, 0.15) is 28.5 Å². The SMILES string of the molecule is C=C(C)c1ccc(C[s+]2cncc2C=C2SC(N3CCN[C@@H](CO)C3)=NC2=O)c(C(F)(F)F)c1. The minimum absolute atomic E-state index is 0.00856. The van der Waals surface area contributed by atoms with Crippen LogP contribution < -0.4 is 5.32 Å². The summed E-state index contributed by atoms with van der Waals surface area (Å²) in [5.74, 6) is -0.246. The van der Waals surface area contributed by atoms with Gasteiger partial charge in [0.05, 0.1) is 23.3 Å². The van der Waals surface area contributed by atoms with Gasteiger partial charge in [-0.25, -0.2) is 4.98 Å². The lowest BCUT2D eigenvalue weighted by Gasteiger charge is -2.33. The van der Waals surface area contributed by atoms with Crippen LogP contribution in [0.15, 0.2) is 46.4 Å². The van der Waals surface area contributed by atoms with Gasteiger partial charge in [-0.3, -0.25) is 4.79 Å². The lowest BCUT2D eigenvalue weighted by Crippen LogP contribution is -2.53. The summed E-state index contributed by atoms with van der Waals surface area (Å²) >= 11 is 1.24. The number of aliphatic imine (C=N–C) groups is 1. The highest BCUT2D eigenvalue weighted by atomic mass is 32.2. The van der Waals surface area contributed by atoms with E-state index in [2.05, 4.69) is 21.9 Å². The number of aliphatic hydroxyl groups excluding tert-OH is 1. The van der Waals surface area contributed by atoms with Crippen molar-refractivity contribution >= 4 is 45.0 Å². The van der Waals surface area contributed by atoms with E-state index in [1.54, 1.807) is 30.8 Å². The summed E-state index contributed by atoms with van der Waals surface area (Å²) in [6.45, 7) is 7.28. The van der Waals surface area contributed by atoms with E-state index in [1.807, 2.05) is 4.90 Å². The van der Waals surface area contributed by atoms with Gasteiger partial charge in [0.15, 0.2) is 15.8 Å². The first-order valence-corrected chi connectivity index (χ1v) is 12.8. The van der Waals surface area contributed by atoms with E-state index in [9.17, 15) is 23.1 Å². The number of hydrogen-bond acceptors (Lipinski definition) is 6. The monoisotopic (exact) mass is 509 g/mol. The molecule has 2 N–H and O–H groups in total. The van der Waals surface area contributed by atoms with Crippen LogP contribution in [-0.4, -0.2) is 58.3 Å². The highest BCUT2D eigenvalue weighted by molar-refractivity contribution is 8.18. The van der Waals surface area contributed by atoms with Crippen molar-refractivity contribution in [3.63, 3.8) is 0 Å². The van der Waals surface area contributed by atoms with Gasteiger partial charge in [-0.1, -0.05) is 24.3 Å². The number of piperazine rings is 1. The largest absolute Gasteiger partial charge is 0.416 e. The first kappa shape index (κ1) is 24.6. The number of amides is 1. The maximum atomic E-state index is 13.7. The van der Waals surface area contributed by atoms with Gasteiger partial charge in [0.25, 0.3) is 5.91 Å². The fourth-order valence-electron chi connectivity index (χ4n) is 3.72. The number of nitrogens with zero attached hydrogens (tertiary/aromatic N) is 3. The zero-order chi connectivity index (χ0) is 24.5. The number of aliphatic hydroxyl groups is 1. The van der Waals surface area contributed by atoms with Crippen LogP contribution in [0.5, 0.6) is 0 Å². The average molecular weight is 510 g/mol. The summed E-state index contributed by atoms with van der Waals surface area (Å²) in [6, 6.07) is 4.19. The summed E-state index contributed by atoms with van der Waals surface area (Å²) in [5.41, 5.74) is 2.15. The zero-order valence-corrected chi connectivity index (χ0v) is 20.1. The van der Waals surface area contributed by atoms with E-state index in [0.29, 0.717) is 45.7 Å². The standard InChI is InChI=1S/C23H24F3N4O2S2/c1-14(2)15-3-4-16(19(7-15)23(24,25)26)12-34-13-27-9-18(34)8-20-21(32)29-22(33-20)30-6-5-28-17(10-30)11-31/h3-4,7-9,13,17,28,31H,1,5-6,10-12H2,2H3/q+1/t17-,34?/m1/s1. The number of thiazole rings is 1. The summed E-state index contributed by atoms with van der Waals surface area (Å²) in [6.07, 6.45) is -1.22. The molecule has 2 atom stereocenters. The Kier molecular flexibility index (Phi) is 7.27. The molecule has 180 valence electrons. The molecule has 1 amide bonds. The number of benzene rings is 1. The highest BCUT2D eigenvalue weighted by Gasteiger charge is 2.35. The smallest absolute Gasteiger partial charge is 0.395 e. The molecule has 0 aliphatic carbocycles. The third kappa shape index (κ3) is 5.43. The number of nitrogens with one attached hydrogen (secondary N) is 1. The first-order chi connectivity index (χ1) is 16.2. The molecular formula is C23H24F3N4O2S2+. The fraction of sp³-hybridized carbons (Fsp3) is 0.348. The molecule has 0 spiro atoms. The molecule has 0 radical (unpaired) electrons. The maximum absolute atomic E-state index is 13.7. The summed E-state index contributed by atoms with van der Waals surface area (Å²) < 4.78 is 41.2. The van der Waals surface area contributed by atoms with Gasteiger partial charge >= 0.3 is 6.18 Å². The van der Waals surface area contributed by atoms with Crippen molar-refractivity contribution in [2.45, 2.75) is 24.9 Å². The van der Waals surface area contributed by atoms with Crippen molar-refractivity contribution < 1.29 is 23.1 Å². The van der Waals surface area contributed by atoms with Crippen LogP contribution in [0, 0.1) is 0 Å². The average Bonchev–Trinajstić information content (AvgIpc) is 3.39. The van der Waals surface area contributed by atoms with Crippen LogP contribution >= 0.6 is 22.2 Å². The fourth-order valence-corrected chi connectivity index (χ4v) is 6.36. The molecule has 1 fully saturated rings. The maximum Gasteiger partial charge on any atom is 0.416 e. The van der Waals surface area contributed by atoms with Crippen molar-refractivity contribution in [1.82, 2.24) is 15.2 Å². The molecule has 2 aromatic rings. The van der Waals surface area contributed by atoms with Crippen LogP contribution in [0.4, 0.5) is 13.2 Å². The van der Waals surface area contributed by atoms with Crippen LogP contribution in [-0.2, 0) is 16.7 Å². The molecule has 3 heterocycles. The lowest BCUT2D eigenvalue weighted by atomic mass is 10.0. The Morgan fingerprint density at radius 2 is 2.24 bits per heavy atom. The first-order valence-electron chi connectivity index (χ1n) is 10.6. The van der Waals surface area contributed by atoms with Gasteiger partial charge in [-0.2, -0.15) is 18.2 Å². The number of alkyl halides is 3. The molecule has 6 nitrogen and oxygen atoms in total. The zero-order valence-electron chi connectivity index (χ0n) is 18.4. The van der Waals surface area contributed by atoms with Crippen molar-refractivity contribution in [3.8, 4) is 0 Å². The number of hydrogen-bond donors (Lipinski definition) is 2. The van der Waals surface area contributed by atoms with E-state index in [0.717, 1.165) is 6.07 Å². The van der Waals surface area contributed by atoms with E-state index >= 15 is 0 Å². The number of carbonyl (C=O) groups is 1. The molecule has 1 saturated heterocycles. The molecule has 11 heteroatoms. The van der Waals surface area contributed by atoms with Crippen LogP contribution in [0.3, 0.4) is 0 Å². The van der Waals surface area contributed by atoms with E-state index < -0.39 is 22.2 Å². The second kappa shape index (κ2) is 10.0. The summed E-state index contributed by atoms with van der Waals surface area (Å²) in [7, 11) is -0.715. The quantitative estimate of drug-likeness (QED) is 0.466. The van der Waals surface area contributed by atoms with E-state index in [1.165, 1.54) is 17.8 Å². The normalized spacial score (nSPS) is 20.7. The van der Waals surface area contributed by atoms with Crippen molar-refractivity contribution in [2.75, 3.05) is 26.2 Å². The van der Waals surface area contributed by atoms with Crippen LogP contribution in [0.25, 0.3) is 11.6 Å². The van der Waals surface area contributed by atoms with Crippen molar-refractivity contribution in [2.24, 2.45) is 4.99 Å². The van der Waals surface area contributed by atoms with Gasteiger partial charge in [-0.05, 0) is 30.3 Å². The number of halogens is 3. The predicted octanol–water partition coefficient (Wildman–Crippen LogP) is 4.17. The van der Waals surface area contributed by atoms with Crippen LogP contribution in [0.2, 0.25) is 0 Å². The molecule has 4 rings (SSSR count). The summed E-state index contributed by atoms with van der Waals surface area (Å²) in [4.78, 5) is 23.9. The number of allylic oxidation sites excluding steroid dienone is 1. The van der Waals surface area contributed by atoms with E-state index in [4.69, 9.17) is 0 Å². The van der Waals surface area contributed by atoms with Gasteiger partial charge in [0, 0.05) is 47.8 Å². The molecule has 1 aromatic carbocycles. The molecule has 1 aromatic heterocycles.